The molecule has 4 N–H and O–H groups in total. The molecule has 0 bridgehead atoms. The van der Waals surface area contributed by atoms with Crippen LogP contribution in [-0.4, -0.2) is 45.7 Å². The Morgan fingerprint density at radius 1 is 0.897 bits per heavy atom. The first-order valence-corrected chi connectivity index (χ1v) is 9.34. The number of carboxylic acid groups (broad SMARTS) is 2. The van der Waals surface area contributed by atoms with Crippen molar-refractivity contribution in [1.29, 1.82) is 0 Å². The van der Waals surface area contributed by atoms with Gasteiger partial charge in [0.2, 0.25) is 0 Å². The fourth-order valence-corrected chi connectivity index (χ4v) is 2.88. The zero-order chi connectivity index (χ0) is 21.4. The average Bonchev–Trinajstić information content (AvgIpc) is 2.71. The van der Waals surface area contributed by atoms with Crippen molar-refractivity contribution < 1.29 is 29.7 Å². The van der Waals surface area contributed by atoms with Crippen molar-refractivity contribution in [3.63, 3.8) is 0 Å². The van der Waals surface area contributed by atoms with Crippen LogP contribution >= 0.6 is 0 Å². The molecule has 2 unspecified atom stereocenters. The van der Waals surface area contributed by atoms with E-state index < -0.39 is 42.2 Å². The summed E-state index contributed by atoms with van der Waals surface area (Å²) >= 11 is 0. The van der Waals surface area contributed by atoms with Gasteiger partial charge in [-0.2, -0.15) is 0 Å². The minimum Gasteiger partial charge on any atom is -0.481 e. The smallest absolute Gasteiger partial charge is 0.332 e. The predicted octanol–water partition coefficient (Wildman–Crippen LogP) is 2.50. The van der Waals surface area contributed by atoms with E-state index in [1.165, 1.54) is 0 Å². The van der Waals surface area contributed by atoms with Gasteiger partial charge >= 0.3 is 11.9 Å². The Morgan fingerprint density at radius 2 is 1.48 bits per heavy atom. The maximum atomic E-state index is 12.6. The number of hydrogen-bond donors (Lipinski definition) is 4. The molecule has 0 heterocycles. The van der Waals surface area contributed by atoms with Crippen LogP contribution in [0.25, 0.3) is 11.1 Å². The molecule has 0 saturated carbocycles. The molecule has 7 nitrogen and oxygen atoms in total. The van der Waals surface area contributed by atoms with Crippen LogP contribution in [-0.2, 0) is 14.4 Å². The van der Waals surface area contributed by atoms with E-state index in [1.54, 1.807) is 19.1 Å². The van der Waals surface area contributed by atoms with Crippen LogP contribution in [0, 0.1) is 5.92 Å². The van der Waals surface area contributed by atoms with E-state index >= 15 is 0 Å². The molecular weight excluding hydrogens is 374 g/mol. The van der Waals surface area contributed by atoms with Crippen molar-refractivity contribution in [3.8, 4) is 11.1 Å². The number of aliphatic hydroxyl groups is 1. The Bertz CT molecular complexity index is 834. The lowest BCUT2D eigenvalue weighted by Gasteiger charge is -2.20. The van der Waals surface area contributed by atoms with Gasteiger partial charge in [-0.3, -0.25) is 9.59 Å². The molecule has 0 aliphatic carbocycles. The molecule has 0 aromatic heterocycles. The van der Waals surface area contributed by atoms with Crippen molar-refractivity contribution in [1.82, 2.24) is 5.32 Å². The van der Waals surface area contributed by atoms with E-state index in [9.17, 15) is 19.5 Å². The molecule has 7 heteroatoms. The quantitative estimate of drug-likeness (QED) is 0.458. The van der Waals surface area contributed by atoms with E-state index in [0.717, 1.165) is 11.1 Å². The summed E-state index contributed by atoms with van der Waals surface area (Å²) in [6, 6.07) is 16.1. The van der Waals surface area contributed by atoms with Gasteiger partial charge < -0.3 is 20.6 Å². The number of aliphatic carboxylic acids is 2. The van der Waals surface area contributed by atoms with E-state index in [4.69, 9.17) is 10.2 Å². The number of benzene rings is 2. The zero-order valence-electron chi connectivity index (χ0n) is 16.1. The molecule has 0 radical (unpaired) electrons. The number of ketones is 1. The lowest BCUT2D eigenvalue weighted by Crippen LogP contribution is -2.34. The normalized spacial score (nSPS) is 14.0. The molecule has 29 heavy (non-hydrogen) atoms. The van der Waals surface area contributed by atoms with Gasteiger partial charge in [-0.25, -0.2) is 4.79 Å². The average molecular weight is 399 g/mol. The standard InChI is InChI=1S/C22H25NO6/c1-14(21(26)27)11-12-23-20(18(24)13-19(25)22(28)29)17-9-7-16(8-10-17)15-5-3-2-4-6-15/h2-10,14,19-20,23,25H,11-13H2,1H3,(H,26,27)(H,28,29)/t14-,19?,20?/m1/s1. The van der Waals surface area contributed by atoms with Crippen LogP contribution in [0.4, 0.5) is 0 Å². The highest BCUT2D eigenvalue weighted by Gasteiger charge is 2.26. The molecule has 2 aromatic carbocycles. The second kappa shape index (κ2) is 10.5. The summed E-state index contributed by atoms with van der Waals surface area (Å²) in [4.78, 5) is 34.5. The Balaban J connectivity index is 2.17. The fraction of sp³-hybridized carbons (Fsp3) is 0.318. The van der Waals surface area contributed by atoms with Crippen molar-refractivity contribution in [2.45, 2.75) is 31.9 Å². The molecule has 0 amide bonds. The van der Waals surface area contributed by atoms with E-state index in [2.05, 4.69) is 5.32 Å². The van der Waals surface area contributed by atoms with Crippen LogP contribution in [0.3, 0.4) is 0 Å². The Kier molecular flexibility index (Phi) is 8.06. The summed E-state index contributed by atoms with van der Waals surface area (Å²) in [7, 11) is 0. The van der Waals surface area contributed by atoms with Crippen LogP contribution in [0.5, 0.6) is 0 Å². The van der Waals surface area contributed by atoms with Gasteiger partial charge in [0, 0.05) is 6.42 Å². The predicted molar refractivity (Wildman–Crippen MR) is 107 cm³/mol. The molecule has 2 rings (SSSR count). The minimum atomic E-state index is -1.78. The first-order valence-electron chi connectivity index (χ1n) is 9.34. The lowest BCUT2D eigenvalue weighted by atomic mass is 9.95. The van der Waals surface area contributed by atoms with Crippen LogP contribution < -0.4 is 5.32 Å². The molecule has 0 saturated heterocycles. The zero-order valence-corrected chi connectivity index (χ0v) is 16.1. The van der Waals surface area contributed by atoms with Gasteiger partial charge in [0.05, 0.1) is 12.0 Å². The maximum absolute atomic E-state index is 12.6. The van der Waals surface area contributed by atoms with Crippen molar-refractivity contribution in [2.75, 3.05) is 6.54 Å². The first-order chi connectivity index (χ1) is 13.8. The largest absolute Gasteiger partial charge is 0.481 e. The molecule has 2 aromatic rings. The van der Waals surface area contributed by atoms with Gasteiger partial charge in [0.15, 0.2) is 11.9 Å². The maximum Gasteiger partial charge on any atom is 0.332 e. The highest BCUT2D eigenvalue weighted by Crippen LogP contribution is 2.23. The van der Waals surface area contributed by atoms with Crippen LogP contribution in [0.15, 0.2) is 54.6 Å². The second-order valence-electron chi connectivity index (χ2n) is 6.93. The summed E-state index contributed by atoms with van der Waals surface area (Å²) in [5.74, 6) is -3.45. The molecule has 0 aliphatic rings. The lowest BCUT2D eigenvalue weighted by molar-refractivity contribution is -0.149. The summed E-state index contributed by atoms with van der Waals surface area (Å²) in [5, 5.41) is 30.4. The Labute approximate surface area is 169 Å². The number of aliphatic hydroxyl groups excluding tert-OH is 1. The number of Topliss-reactive ketones (excluding diaryl/α,β-unsaturated/α-hetero) is 1. The molecule has 0 spiro atoms. The first kappa shape index (κ1) is 22.3. The molecular formula is C22H25NO6. The third kappa shape index (κ3) is 6.51. The number of rotatable bonds is 11. The van der Waals surface area contributed by atoms with Crippen LogP contribution in [0.2, 0.25) is 0 Å². The third-order valence-corrected chi connectivity index (χ3v) is 4.70. The number of carbonyl (C=O) groups excluding carboxylic acids is 1. The van der Waals surface area contributed by atoms with Gasteiger partial charge in [-0.15, -0.1) is 0 Å². The summed E-state index contributed by atoms with van der Waals surface area (Å²) in [6.45, 7) is 1.83. The SMILES string of the molecule is C[C@H](CCNC(C(=O)CC(O)C(=O)O)c1ccc(-c2ccccc2)cc1)C(=O)O. The monoisotopic (exact) mass is 399 g/mol. The fourth-order valence-electron chi connectivity index (χ4n) is 2.88. The third-order valence-electron chi connectivity index (χ3n) is 4.70. The summed E-state index contributed by atoms with van der Waals surface area (Å²) < 4.78 is 0. The number of nitrogens with one attached hydrogen (secondary N) is 1. The molecule has 0 aliphatic heterocycles. The number of carboxylic acids is 2. The highest BCUT2D eigenvalue weighted by molar-refractivity contribution is 5.89. The Morgan fingerprint density at radius 3 is 2.03 bits per heavy atom. The Hall–Kier alpha value is -3.03. The van der Waals surface area contributed by atoms with Crippen LogP contribution in [0.1, 0.15) is 31.4 Å². The molecule has 154 valence electrons. The molecule has 0 fully saturated rings. The van der Waals surface area contributed by atoms with Crippen molar-refractivity contribution in [3.05, 3.63) is 60.2 Å². The molecule has 3 atom stereocenters. The van der Waals surface area contributed by atoms with E-state index in [-0.39, 0.29) is 6.54 Å². The minimum absolute atomic E-state index is 0.257. The van der Waals surface area contributed by atoms with E-state index in [1.807, 2.05) is 42.5 Å². The highest BCUT2D eigenvalue weighted by atomic mass is 16.4. The van der Waals surface area contributed by atoms with Crippen molar-refractivity contribution >= 4 is 17.7 Å². The van der Waals surface area contributed by atoms with Crippen molar-refractivity contribution in [2.24, 2.45) is 5.92 Å². The summed E-state index contributed by atoms with van der Waals surface area (Å²) in [5.41, 5.74) is 2.60. The van der Waals surface area contributed by atoms with Gasteiger partial charge in [0.25, 0.3) is 0 Å². The van der Waals surface area contributed by atoms with Gasteiger partial charge in [-0.1, -0.05) is 61.5 Å². The number of hydrogen-bond acceptors (Lipinski definition) is 5. The number of carbonyl (C=O) groups is 3. The van der Waals surface area contributed by atoms with Gasteiger partial charge in [-0.05, 0) is 29.7 Å². The topological polar surface area (TPSA) is 124 Å². The second-order valence-corrected chi connectivity index (χ2v) is 6.93. The van der Waals surface area contributed by atoms with Gasteiger partial charge in [0.1, 0.15) is 0 Å². The van der Waals surface area contributed by atoms with E-state index in [0.29, 0.717) is 12.0 Å². The summed E-state index contributed by atoms with van der Waals surface area (Å²) in [6.07, 6.45) is -2.02.